The van der Waals surface area contributed by atoms with Crippen LogP contribution in [0.3, 0.4) is 0 Å². The normalized spacial score (nSPS) is 12.6. The first-order valence-electron chi connectivity index (χ1n) is 6.30. The number of hydrogen-bond donors (Lipinski definition) is 2. The summed E-state index contributed by atoms with van der Waals surface area (Å²) in [7, 11) is 0. The van der Waals surface area contributed by atoms with Crippen molar-refractivity contribution in [3.63, 3.8) is 0 Å². The van der Waals surface area contributed by atoms with Crippen LogP contribution in [-0.4, -0.2) is 33.0 Å². The average Bonchev–Trinajstić information content (AvgIpc) is 2.34. The number of nitrogens with one attached hydrogen (secondary N) is 1. The fourth-order valence-corrected chi connectivity index (χ4v) is 1.72. The average molecular weight is 300 g/mol. The van der Waals surface area contributed by atoms with E-state index in [1.54, 1.807) is 13.8 Å². The van der Waals surface area contributed by atoms with E-state index in [0.29, 0.717) is 5.82 Å². The van der Waals surface area contributed by atoms with E-state index in [1.165, 1.54) is 6.20 Å². The summed E-state index contributed by atoms with van der Waals surface area (Å²) in [6, 6.07) is -0.990. The topological polar surface area (TPSA) is 92.2 Å². The van der Waals surface area contributed by atoms with Crippen molar-refractivity contribution in [1.29, 1.82) is 0 Å². The maximum atomic E-state index is 12.1. The zero-order valence-electron chi connectivity index (χ0n) is 11.8. The lowest BCUT2D eigenvalue weighted by Gasteiger charge is -2.18. The summed E-state index contributed by atoms with van der Waals surface area (Å²) in [4.78, 5) is 31.3. The number of hydrogen-bond acceptors (Lipinski definition) is 4. The quantitative estimate of drug-likeness (QED) is 0.868. The lowest BCUT2D eigenvalue weighted by atomic mass is 10.0. The Morgan fingerprint density at radius 2 is 1.90 bits per heavy atom. The van der Waals surface area contributed by atoms with Gasteiger partial charge in [-0.2, -0.15) is 0 Å². The molecule has 1 aromatic rings. The number of carbonyl (C=O) groups excluding carboxylic acids is 1. The van der Waals surface area contributed by atoms with Gasteiger partial charge < -0.3 is 10.4 Å². The summed E-state index contributed by atoms with van der Waals surface area (Å²) < 4.78 is 0. The van der Waals surface area contributed by atoms with Gasteiger partial charge in [0.05, 0.1) is 11.2 Å². The molecule has 1 amide bonds. The van der Waals surface area contributed by atoms with Gasteiger partial charge in [0.2, 0.25) is 0 Å². The standard InChI is InChI=1S/C13H18ClN3O3/c1-6(2)9(13(19)20)17-12(18)10-8(14)5-15-11(16-10)7(3)4/h5-7,9H,1-4H3,(H,17,18)(H,19,20)/t9-/m0/s1. The molecule has 0 bridgehead atoms. The zero-order valence-corrected chi connectivity index (χ0v) is 12.6. The Labute approximate surface area is 122 Å². The number of aromatic nitrogens is 2. The van der Waals surface area contributed by atoms with Crippen LogP contribution in [0.4, 0.5) is 0 Å². The summed E-state index contributed by atoms with van der Waals surface area (Å²) in [5, 5.41) is 11.6. The minimum absolute atomic E-state index is 0.00253. The predicted molar refractivity (Wildman–Crippen MR) is 74.9 cm³/mol. The van der Waals surface area contributed by atoms with E-state index in [-0.39, 0.29) is 22.6 Å². The molecule has 110 valence electrons. The van der Waals surface area contributed by atoms with Crippen LogP contribution in [0.2, 0.25) is 5.02 Å². The fraction of sp³-hybridized carbons (Fsp3) is 0.538. The van der Waals surface area contributed by atoms with Crippen molar-refractivity contribution in [2.45, 2.75) is 39.7 Å². The number of aliphatic carboxylic acids is 1. The van der Waals surface area contributed by atoms with Crippen molar-refractivity contribution in [3.05, 3.63) is 22.7 Å². The highest BCUT2D eigenvalue weighted by Crippen LogP contribution is 2.16. The van der Waals surface area contributed by atoms with E-state index < -0.39 is 17.9 Å². The van der Waals surface area contributed by atoms with E-state index >= 15 is 0 Å². The third-order valence-electron chi connectivity index (χ3n) is 2.71. The third-order valence-corrected chi connectivity index (χ3v) is 2.99. The van der Waals surface area contributed by atoms with Crippen LogP contribution in [0.5, 0.6) is 0 Å². The van der Waals surface area contributed by atoms with Gasteiger partial charge in [0.1, 0.15) is 17.6 Å². The second kappa shape index (κ2) is 6.65. The number of amides is 1. The highest BCUT2D eigenvalue weighted by atomic mass is 35.5. The van der Waals surface area contributed by atoms with Crippen molar-refractivity contribution < 1.29 is 14.7 Å². The second-order valence-electron chi connectivity index (χ2n) is 5.11. The van der Waals surface area contributed by atoms with Gasteiger partial charge in [-0.05, 0) is 5.92 Å². The van der Waals surface area contributed by atoms with E-state index in [4.69, 9.17) is 16.7 Å². The molecule has 2 N–H and O–H groups in total. The van der Waals surface area contributed by atoms with Crippen LogP contribution in [-0.2, 0) is 4.79 Å². The molecule has 1 atom stereocenters. The summed E-state index contributed by atoms with van der Waals surface area (Å²) >= 11 is 5.91. The van der Waals surface area contributed by atoms with E-state index in [2.05, 4.69) is 15.3 Å². The maximum absolute atomic E-state index is 12.1. The zero-order chi connectivity index (χ0) is 15.4. The molecule has 0 aliphatic rings. The minimum Gasteiger partial charge on any atom is -0.480 e. The molecule has 7 heteroatoms. The molecule has 0 unspecified atom stereocenters. The molecule has 0 aliphatic carbocycles. The number of nitrogens with zero attached hydrogens (tertiary/aromatic N) is 2. The SMILES string of the molecule is CC(C)c1ncc(Cl)c(C(=O)N[C@H](C(=O)O)C(C)C)n1. The Morgan fingerprint density at radius 3 is 2.35 bits per heavy atom. The van der Waals surface area contributed by atoms with Gasteiger partial charge in [-0.25, -0.2) is 14.8 Å². The lowest BCUT2D eigenvalue weighted by molar-refractivity contribution is -0.140. The molecule has 0 saturated carbocycles. The molecule has 0 spiro atoms. The fourth-order valence-electron chi connectivity index (χ4n) is 1.54. The molecule has 0 radical (unpaired) electrons. The first-order valence-corrected chi connectivity index (χ1v) is 6.68. The third kappa shape index (κ3) is 3.90. The van der Waals surface area contributed by atoms with Gasteiger partial charge in [0, 0.05) is 5.92 Å². The van der Waals surface area contributed by atoms with Crippen molar-refractivity contribution in [2.75, 3.05) is 0 Å². The molecular weight excluding hydrogens is 282 g/mol. The van der Waals surface area contributed by atoms with Crippen LogP contribution in [0.15, 0.2) is 6.20 Å². The van der Waals surface area contributed by atoms with E-state index in [0.717, 1.165) is 0 Å². The molecule has 0 fully saturated rings. The Bertz CT molecular complexity index is 518. The number of carbonyl (C=O) groups is 2. The monoisotopic (exact) mass is 299 g/mol. The van der Waals surface area contributed by atoms with Crippen molar-refractivity contribution in [3.8, 4) is 0 Å². The van der Waals surface area contributed by atoms with Crippen LogP contribution in [0, 0.1) is 5.92 Å². The van der Waals surface area contributed by atoms with Crippen LogP contribution >= 0.6 is 11.6 Å². The van der Waals surface area contributed by atoms with Gasteiger partial charge in [-0.15, -0.1) is 0 Å². The van der Waals surface area contributed by atoms with Crippen LogP contribution in [0.25, 0.3) is 0 Å². The van der Waals surface area contributed by atoms with Gasteiger partial charge in [0.25, 0.3) is 5.91 Å². The number of carboxylic acids is 1. The Morgan fingerprint density at radius 1 is 1.30 bits per heavy atom. The molecule has 1 rings (SSSR count). The molecule has 0 aliphatic heterocycles. The number of halogens is 1. The predicted octanol–water partition coefficient (Wildman–Crippen LogP) is 2.09. The van der Waals surface area contributed by atoms with Crippen LogP contribution < -0.4 is 5.32 Å². The van der Waals surface area contributed by atoms with Gasteiger partial charge in [-0.1, -0.05) is 39.3 Å². The lowest BCUT2D eigenvalue weighted by Crippen LogP contribution is -2.44. The molecule has 6 nitrogen and oxygen atoms in total. The molecule has 1 heterocycles. The molecule has 0 aromatic carbocycles. The Hall–Kier alpha value is -1.69. The van der Waals surface area contributed by atoms with E-state index in [1.807, 2.05) is 13.8 Å². The highest BCUT2D eigenvalue weighted by molar-refractivity contribution is 6.33. The first-order chi connectivity index (χ1) is 9.23. The minimum atomic E-state index is -1.09. The molecular formula is C13H18ClN3O3. The molecule has 1 aromatic heterocycles. The van der Waals surface area contributed by atoms with Crippen LogP contribution in [0.1, 0.15) is 49.9 Å². The summed E-state index contributed by atoms with van der Waals surface area (Å²) in [5.41, 5.74) is -0.00253. The van der Waals surface area contributed by atoms with E-state index in [9.17, 15) is 9.59 Å². The van der Waals surface area contributed by atoms with Gasteiger partial charge >= 0.3 is 5.97 Å². The summed E-state index contributed by atoms with van der Waals surface area (Å²) in [6.45, 7) is 7.19. The molecule has 20 heavy (non-hydrogen) atoms. The maximum Gasteiger partial charge on any atom is 0.326 e. The first kappa shape index (κ1) is 16.4. The Balaban J connectivity index is 3.02. The number of rotatable bonds is 5. The highest BCUT2D eigenvalue weighted by Gasteiger charge is 2.26. The molecule has 0 saturated heterocycles. The Kier molecular flexibility index (Phi) is 5.44. The van der Waals surface area contributed by atoms with Crippen molar-refractivity contribution in [1.82, 2.24) is 15.3 Å². The van der Waals surface area contributed by atoms with Crippen molar-refractivity contribution in [2.24, 2.45) is 5.92 Å². The second-order valence-corrected chi connectivity index (χ2v) is 5.52. The smallest absolute Gasteiger partial charge is 0.326 e. The summed E-state index contributed by atoms with van der Waals surface area (Å²) in [5.74, 6) is -1.43. The van der Waals surface area contributed by atoms with Gasteiger partial charge in [0.15, 0.2) is 0 Å². The summed E-state index contributed by atoms with van der Waals surface area (Å²) in [6.07, 6.45) is 1.35. The number of carboxylic acid groups (broad SMARTS) is 1. The van der Waals surface area contributed by atoms with Gasteiger partial charge in [-0.3, -0.25) is 4.79 Å². The van der Waals surface area contributed by atoms with Crippen molar-refractivity contribution >= 4 is 23.5 Å². The largest absolute Gasteiger partial charge is 0.480 e.